The molecule has 0 atom stereocenters. The van der Waals surface area contributed by atoms with Gasteiger partial charge in [-0.05, 0) is 18.8 Å². The molecule has 1 aromatic heterocycles. The Kier molecular flexibility index (Phi) is 6.29. The molecule has 1 fully saturated rings. The van der Waals surface area contributed by atoms with Crippen LogP contribution in [-0.2, 0) is 7.05 Å². The Morgan fingerprint density at radius 2 is 2.05 bits per heavy atom. The molecule has 0 bridgehead atoms. The van der Waals surface area contributed by atoms with E-state index in [1.54, 1.807) is 4.57 Å². The zero-order valence-electron chi connectivity index (χ0n) is 12.1. The number of rotatable bonds is 3. The number of carbonyl (C=O) groups excluding carboxylic acids is 1. The predicted molar refractivity (Wildman–Crippen MR) is 70.2 cm³/mol. The highest BCUT2D eigenvalue weighted by molar-refractivity contribution is 5.76. The summed E-state index contributed by atoms with van der Waals surface area (Å²) in [6.07, 6.45) is 10.4. The second-order valence-electron chi connectivity index (χ2n) is 5.75. The molecule has 1 aliphatic rings. The number of aryl methyl sites for hydroxylation is 1. The van der Waals surface area contributed by atoms with E-state index in [0.29, 0.717) is 12.0 Å². The molecule has 5 heteroatoms. The van der Waals surface area contributed by atoms with Gasteiger partial charge in [-0.15, -0.1) is 0 Å². The number of aromatic nitrogens is 2. The Morgan fingerprint density at radius 1 is 1.42 bits per heavy atom. The lowest BCUT2D eigenvalue weighted by Gasteiger charge is -2.28. The van der Waals surface area contributed by atoms with Crippen molar-refractivity contribution in [2.75, 3.05) is 6.54 Å². The Balaban J connectivity index is 0.00000180. The van der Waals surface area contributed by atoms with E-state index >= 15 is 0 Å². The minimum atomic E-state index is 0. The summed E-state index contributed by atoms with van der Waals surface area (Å²) in [4.78, 5) is 14.6. The van der Waals surface area contributed by atoms with Gasteiger partial charge in [0, 0.05) is 12.6 Å². The quantitative estimate of drug-likeness (QED) is 0.500. The van der Waals surface area contributed by atoms with Gasteiger partial charge in [0.15, 0.2) is 0 Å². The topological polar surface area (TPSA) is 29.1 Å². The maximum atomic E-state index is 12.6. The largest absolute Gasteiger partial charge is 1.00 e. The molecule has 1 heterocycles. The van der Waals surface area contributed by atoms with Crippen LogP contribution in [-0.4, -0.2) is 28.1 Å². The number of nitrogens with zero attached hydrogens (tertiary/aromatic N) is 3. The molecule has 0 unspecified atom stereocenters. The van der Waals surface area contributed by atoms with Gasteiger partial charge in [-0.25, -0.2) is 9.36 Å². The van der Waals surface area contributed by atoms with E-state index in [1.165, 1.54) is 12.8 Å². The highest BCUT2D eigenvalue weighted by Crippen LogP contribution is 2.24. The number of imidazole rings is 1. The summed E-state index contributed by atoms with van der Waals surface area (Å²) in [5.41, 5.74) is 0. The van der Waals surface area contributed by atoms with Crippen LogP contribution in [0.5, 0.6) is 0 Å². The molecular formula is C14H24IN3O. The molecule has 4 nitrogen and oxygen atoms in total. The van der Waals surface area contributed by atoms with Crippen LogP contribution in [0.3, 0.4) is 0 Å². The van der Waals surface area contributed by atoms with Crippen LogP contribution >= 0.6 is 0 Å². The second kappa shape index (κ2) is 7.26. The summed E-state index contributed by atoms with van der Waals surface area (Å²) in [5, 5.41) is 0. The molecule has 19 heavy (non-hydrogen) atoms. The molecule has 0 N–H and O–H groups in total. The zero-order chi connectivity index (χ0) is 13.1. The highest BCUT2D eigenvalue weighted by atomic mass is 127. The molecule has 0 radical (unpaired) electrons. The van der Waals surface area contributed by atoms with Gasteiger partial charge < -0.3 is 28.9 Å². The molecule has 0 aromatic carbocycles. The third-order valence-corrected chi connectivity index (χ3v) is 3.56. The third kappa shape index (κ3) is 4.19. The maximum Gasteiger partial charge on any atom is 0.416 e. The number of hydrogen-bond donors (Lipinski definition) is 0. The van der Waals surface area contributed by atoms with Gasteiger partial charge in [0.1, 0.15) is 12.4 Å². The molecule has 2 rings (SSSR count). The third-order valence-electron chi connectivity index (χ3n) is 3.56. The van der Waals surface area contributed by atoms with Crippen molar-refractivity contribution in [3.63, 3.8) is 0 Å². The smallest absolute Gasteiger partial charge is 0.416 e. The highest BCUT2D eigenvalue weighted by Gasteiger charge is 2.30. The van der Waals surface area contributed by atoms with Gasteiger partial charge in [0.25, 0.3) is 6.33 Å². The van der Waals surface area contributed by atoms with Crippen LogP contribution in [0.1, 0.15) is 39.5 Å². The van der Waals surface area contributed by atoms with E-state index in [1.807, 2.05) is 30.3 Å². The molecule has 1 aromatic rings. The summed E-state index contributed by atoms with van der Waals surface area (Å²) in [6.45, 7) is 5.20. The van der Waals surface area contributed by atoms with Crippen LogP contribution in [0.2, 0.25) is 0 Å². The minimum Gasteiger partial charge on any atom is -1.00 e. The van der Waals surface area contributed by atoms with Crippen molar-refractivity contribution < 1.29 is 33.3 Å². The van der Waals surface area contributed by atoms with Gasteiger partial charge in [0.2, 0.25) is 0 Å². The van der Waals surface area contributed by atoms with Crippen LogP contribution in [0.25, 0.3) is 0 Å². The number of hydrogen-bond acceptors (Lipinski definition) is 1. The van der Waals surface area contributed by atoms with Crippen molar-refractivity contribution >= 4 is 6.03 Å². The van der Waals surface area contributed by atoms with Crippen LogP contribution in [0.15, 0.2) is 18.7 Å². The van der Waals surface area contributed by atoms with E-state index in [0.717, 1.165) is 19.4 Å². The summed E-state index contributed by atoms with van der Waals surface area (Å²) in [7, 11) is 1.94. The predicted octanol–water partition coefficient (Wildman–Crippen LogP) is -0.815. The van der Waals surface area contributed by atoms with Crippen LogP contribution in [0, 0.1) is 5.92 Å². The zero-order valence-corrected chi connectivity index (χ0v) is 14.2. The van der Waals surface area contributed by atoms with Crippen LogP contribution < -0.4 is 28.5 Å². The van der Waals surface area contributed by atoms with E-state index < -0.39 is 0 Å². The lowest BCUT2D eigenvalue weighted by molar-refractivity contribution is -0.670. The van der Waals surface area contributed by atoms with Gasteiger partial charge >= 0.3 is 6.03 Å². The first-order chi connectivity index (χ1) is 8.58. The lowest BCUT2D eigenvalue weighted by atomic mass is 10.1. The average Bonchev–Trinajstić information content (AvgIpc) is 2.95. The van der Waals surface area contributed by atoms with Crippen LogP contribution in [0.4, 0.5) is 4.79 Å². The summed E-state index contributed by atoms with van der Waals surface area (Å²) in [5.74, 6) is 0.513. The van der Waals surface area contributed by atoms with Gasteiger partial charge in [-0.2, -0.15) is 4.57 Å². The fourth-order valence-corrected chi connectivity index (χ4v) is 2.70. The first-order valence-corrected chi connectivity index (χ1v) is 6.92. The van der Waals surface area contributed by atoms with E-state index in [-0.39, 0.29) is 30.0 Å². The summed E-state index contributed by atoms with van der Waals surface area (Å²) >= 11 is 0. The van der Waals surface area contributed by atoms with Crippen molar-refractivity contribution in [2.24, 2.45) is 13.0 Å². The summed E-state index contributed by atoms with van der Waals surface area (Å²) in [6, 6.07) is 0.559. The Labute approximate surface area is 132 Å². The van der Waals surface area contributed by atoms with Crippen molar-refractivity contribution in [1.29, 1.82) is 0 Å². The molecule has 0 aliphatic heterocycles. The van der Waals surface area contributed by atoms with Crippen molar-refractivity contribution in [1.82, 2.24) is 9.47 Å². The van der Waals surface area contributed by atoms with E-state index in [4.69, 9.17) is 0 Å². The maximum absolute atomic E-state index is 12.6. The molecule has 0 saturated heterocycles. The SMILES string of the molecule is CC(C)CN(C(=O)n1cc[n+](C)c1)C1CCCC1.[I-]. The standard InChI is InChI=1S/C14H24N3O.HI/c1-12(2)10-17(13-6-4-5-7-13)14(18)16-9-8-15(3)11-16;/h8-9,11-13H,4-7,10H2,1-3H3;1H/q+1;/p-1. The first-order valence-electron chi connectivity index (χ1n) is 6.92. The second-order valence-corrected chi connectivity index (χ2v) is 5.75. The van der Waals surface area contributed by atoms with E-state index in [2.05, 4.69) is 18.7 Å². The lowest BCUT2D eigenvalue weighted by Crippen LogP contribution is -3.00. The average molecular weight is 377 g/mol. The normalized spacial score (nSPS) is 15.6. The minimum absolute atomic E-state index is 0. The molecule has 0 spiro atoms. The Morgan fingerprint density at radius 3 is 2.53 bits per heavy atom. The number of halogens is 1. The first kappa shape index (κ1) is 16.5. The van der Waals surface area contributed by atoms with Crippen molar-refractivity contribution in [2.45, 2.75) is 45.6 Å². The van der Waals surface area contributed by atoms with Gasteiger partial charge in [-0.3, -0.25) is 0 Å². The molecule has 1 aliphatic carbocycles. The number of amides is 1. The summed E-state index contributed by atoms with van der Waals surface area (Å²) < 4.78 is 3.60. The fraction of sp³-hybridized carbons (Fsp3) is 0.714. The number of carbonyl (C=O) groups is 1. The van der Waals surface area contributed by atoms with Gasteiger partial charge in [0.05, 0.1) is 7.05 Å². The fourth-order valence-electron chi connectivity index (χ4n) is 2.70. The van der Waals surface area contributed by atoms with Crippen molar-refractivity contribution in [3.8, 4) is 0 Å². The molecule has 108 valence electrons. The monoisotopic (exact) mass is 377 g/mol. The molecule has 1 saturated carbocycles. The molecular weight excluding hydrogens is 353 g/mol. The Hall–Kier alpha value is -0.590. The van der Waals surface area contributed by atoms with Crippen molar-refractivity contribution in [3.05, 3.63) is 18.7 Å². The Bertz CT molecular complexity index is 411. The molecule has 1 amide bonds. The van der Waals surface area contributed by atoms with Gasteiger partial charge in [-0.1, -0.05) is 26.7 Å². The van der Waals surface area contributed by atoms with E-state index in [9.17, 15) is 4.79 Å².